The van der Waals surface area contributed by atoms with Crippen LogP contribution in [0, 0.1) is 5.92 Å². The van der Waals surface area contributed by atoms with E-state index in [-0.39, 0.29) is 5.91 Å². The average Bonchev–Trinajstić information content (AvgIpc) is 2.27. The van der Waals surface area contributed by atoms with Gasteiger partial charge in [-0.3, -0.25) is 4.79 Å². The first-order chi connectivity index (χ1) is 8.16. The van der Waals surface area contributed by atoms with Crippen LogP contribution in [0.3, 0.4) is 0 Å². The first-order valence-electron chi connectivity index (χ1n) is 7.43. The first-order valence-corrected chi connectivity index (χ1v) is 7.43. The topological polar surface area (TPSA) is 29.1 Å². The van der Waals surface area contributed by atoms with Gasteiger partial charge in [-0.25, -0.2) is 0 Å². The molecule has 2 heteroatoms. The van der Waals surface area contributed by atoms with Crippen molar-refractivity contribution in [3.63, 3.8) is 0 Å². The van der Waals surface area contributed by atoms with E-state index in [1.54, 1.807) is 0 Å². The minimum Gasteiger partial charge on any atom is -0.356 e. The summed E-state index contributed by atoms with van der Waals surface area (Å²) >= 11 is 0. The van der Waals surface area contributed by atoms with Crippen molar-refractivity contribution in [3.8, 4) is 0 Å². The zero-order valence-corrected chi connectivity index (χ0v) is 12.1. The van der Waals surface area contributed by atoms with Gasteiger partial charge in [0.25, 0.3) is 0 Å². The van der Waals surface area contributed by atoms with E-state index >= 15 is 0 Å². The van der Waals surface area contributed by atoms with Crippen LogP contribution >= 0.6 is 0 Å². The molecule has 0 spiro atoms. The second-order valence-electron chi connectivity index (χ2n) is 5.40. The van der Waals surface area contributed by atoms with Crippen molar-refractivity contribution in [3.05, 3.63) is 0 Å². The van der Waals surface area contributed by atoms with Gasteiger partial charge >= 0.3 is 0 Å². The van der Waals surface area contributed by atoms with Crippen molar-refractivity contribution in [2.75, 3.05) is 6.54 Å². The molecule has 0 radical (unpaired) electrons. The quantitative estimate of drug-likeness (QED) is 0.537. The van der Waals surface area contributed by atoms with Crippen molar-refractivity contribution in [2.45, 2.75) is 78.6 Å². The maximum absolute atomic E-state index is 11.4. The van der Waals surface area contributed by atoms with E-state index in [2.05, 4.69) is 26.1 Å². The molecule has 1 N–H and O–H groups in total. The van der Waals surface area contributed by atoms with Gasteiger partial charge in [-0.1, -0.05) is 59.3 Å². The van der Waals surface area contributed by atoms with Gasteiger partial charge in [-0.15, -0.1) is 0 Å². The molecule has 17 heavy (non-hydrogen) atoms. The molecule has 0 fully saturated rings. The van der Waals surface area contributed by atoms with E-state index in [9.17, 15) is 4.79 Å². The smallest absolute Gasteiger partial charge is 0.219 e. The predicted octanol–water partition coefficient (Wildman–Crippen LogP) is 4.29. The van der Waals surface area contributed by atoms with Crippen molar-refractivity contribution in [1.29, 1.82) is 0 Å². The number of unbranched alkanes of at least 4 members (excludes halogenated alkanes) is 6. The summed E-state index contributed by atoms with van der Waals surface area (Å²) in [6.07, 6.45) is 10.7. The Morgan fingerprint density at radius 1 is 1.00 bits per heavy atom. The Hall–Kier alpha value is -0.530. The number of rotatable bonds is 11. The second kappa shape index (κ2) is 11.9. The van der Waals surface area contributed by atoms with Gasteiger partial charge in [0, 0.05) is 13.0 Å². The average molecular weight is 241 g/mol. The fourth-order valence-corrected chi connectivity index (χ4v) is 1.83. The molecule has 0 rings (SSSR count). The number of hydrogen-bond acceptors (Lipinski definition) is 1. The molecule has 0 bridgehead atoms. The van der Waals surface area contributed by atoms with Crippen LogP contribution in [0.4, 0.5) is 0 Å². The van der Waals surface area contributed by atoms with Crippen LogP contribution < -0.4 is 5.32 Å². The summed E-state index contributed by atoms with van der Waals surface area (Å²) in [4.78, 5) is 11.4. The minimum absolute atomic E-state index is 0.235. The molecule has 102 valence electrons. The summed E-state index contributed by atoms with van der Waals surface area (Å²) in [6, 6.07) is 0. The van der Waals surface area contributed by atoms with Crippen LogP contribution in [0.5, 0.6) is 0 Å². The molecule has 0 aliphatic carbocycles. The van der Waals surface area contributed by atoms with Crippen molar-refractivity contribution >= 4 is 5.91 Å². The summed E-state index contributed by atoms with van der Waals surface area (Å²) in [5, 5.41) is 2.99. The molecule has 0 saturated heterocycles. The molecule has 0 saturated carbocycles. The monoisotopic (exact) mass is 241 g/mol. The van der Waals surface area contributed by atoms with E-state index in [0.717, 1.165) is 19.4 Å². The lowest BCUT2D eigenvalue weighted by Gasteiger charge is -2.07. The van der Waals surface area contributed by atoms with Gasteiger partial charge in [-0.05, 0) is 18.8 Å². The highest BCUT2D eigenvalue weighted by Gasteiger charge is 2.01. The molecular formula is C15H31NO. The number of carbonyl (C=O) groups is 1. The summed E-state index contributed by atoms with van der Waals surface area (Å²) in [7, 11) is 0. The lowest BCUT2D eigenvalue weighted by molar-refractivity contribution is -0.121. The highest BCUT2D eigenvalue weighted by Crippen LogP contribution is 2.08. The summed E-state index contributed by atoms with van der Waals surface area (Å²) in [6.45, 7) is 7.44. The van der Waals surface area contributed by atoms with E-state index < -0.39 is 0 Å². The van der Waals surface area contributed by atoms with Gasteiger partial charge in [-0.2, -0.15) is 0 Å². The highest BCUT2D eigenvalue weighted by atomic mass is 16.1. The molecule has 0 unspecified atom stereocenters. The van der Waals surface area contributed by atoms with Crippen LogP contribution in [0.15, 0.2) is 0 Å². The van der Waals surface area contributed by atoms with Crippen LogP contribution in [0.25, 0.3) is 0 Å². The maximum atomic E-state index is 11.4. The minimum atomic E-state index is 0.235. The number of nitrogens with one attached hydrogen (secondary N) is 1. The fraction of sp³-hybridized carbons (Fsp3) is 0.933. The maximum Gasteiger partial charge on any atom is 0.219 e. The Labute approximate surface area is 108 Å². The van der Waals surface area contributed by atoms with Crippen LogP contribution in [-0.2, 0) is 4.79 Å². The molecule has 2 nitrogen and oxygen atoms in total. The summed E-state index contributed by atoms with van der Waals surface area (Å²) < 4.78 is 0. The van der Waals surface area contributed by atoms with Crippen LogP contribution in [-0.4, -0.2) is 12.5 Å². The normalized spacial score (nSPS) is 10.8. The molecule has 1 amide bonds. The van der Waals surface area contributed by atoms with Gasteiger partial charge < -0.3 is 5.32 Å². The Bertz CT molecular complexity index is 178. The number of hydrogen-bond donors (Lipinski definition) is 1. The van der Waals surface area contributed by atoms with E-state index in [1.807, 2.05) is 0 Å². The van der Waals surface area contributed by atoms with Gasteiger partial charge in [0.15, 0.2) is 0 Å². The third-order valence-corrected chi connectivity index (χ3v) is 3.05. The number of carbonyl (C=O) groups excluding carboxylic acids is 1. The molecule has 0 aromatic carbocycles. The van der Waals surface area contributed by atoms with Crippen molar-refractivity contribution in [2.24, 2.45) is 5.92 Å². The summed E-state index contributed by atoms with van der Waals surface area (Å²) in [5.74, 6) is 0.910. The van der Waals surface area contributed by atoms with E-state index in [4.69, 9.17) is 0 Å². The lowest BCUT2D eigenvalue weighted by atomic mass is 10.1. The second-order valence-corrected chi connectivity index (χ2v) is 5.40. The van der Waals surface area contributed by atoms with Gasteiger partial charge in [0.2, 0.25) is 5.91 Å². The fourth-order valence-electron chi connectivity index (χ4n) is 1.83. The molecule has 0 heterocycles. The zero-order chi connectivity index (χ0) is 12.9. The molecule has 0 atom stereocenters. The lowest BCUT2D eigenvalue weighted by Crippen LogP contribution is -2.24. The van der Waals surface area contributed by atoms with Gasteiger partial charge in [0.05, 0.1) is 0 Å². The Balaban J connectivity index is 3.16. The van der Waals surface area contributed by atoms with E-state index in [0.29, 0.717) is 12.3 Å². The Morgan fingerprint density at radius 3 is 2.18 bits per heavy atom. The molecular weight excluding hydrogens is 210 g/mol. The Morgan fingerprint density at radius 2 is 1.59 bits per heavy atom. The first kappa shape index (κ1) is 16.5. The molecule has 0 aliphatic rings. The zero-order valence-electron chi connectivity index (χ0n) is 12.1. The SMILES string of the molecule is CCCCCCCCCC(=O)NCCC(C)C. The van der Waals surface area contributed by atoms with Gasteiger partial charge in [0.1, 0.15) is 0 Å². The molecule has 0 aromatic rings. The third-order valence-electron chi connectivity index (χ3n) is 3.05. The van der Waals surface area contributed by atoms with Crippen LogP contribution in [0.1, 0.15) is 78.6 Å². The van der Waals surface area contributed by atoms with Crippen molar-refractivity contribution < 1.29 is 4.79 Å². The Kier molecular flexibility index (Phi) is 11.6. The number of amides is 1. The predicted molar refractivity (Wildman–Crippen MR) is 75.1 cm³/mol. The van der Waals surface area contributed by atoms with Crippen LogP contribution in [0.2, 0.25) is 0 Å². The standard InChI is InChI=1S/C15H31NO/c1-4-5-6-7-8-9-10-11-15(17)16-13-12-14(2)3/h14H,4-13H2,1-3H3,(H,16,17). The molecule has 0 aliphatic heterocycles. The molecule has 0 aromatic heterocycles. The van der Waals surface area contributed by atoms with E-state index in [1.165, 1.54) is 38.5 Å². The third kappa shape index (κ3) is 13.4. The summed E-state index contributed by atoms with van der Waals surface area (Å²) in [5.41, 5.74) is 0. The highest BCUT2D eigenvalue weighted by molar-refractivity contribution is 5.75. The van der Waals surface area contributed by atoms with Crippen molar-refractivity contribution in [1.82, 2.24) is 5.32 Å². The largest absolute Gasteiger partial charge is 0.356 e.